The molecule has 124 valence electrons. The molecule has 1 aromatic rings. The van der Waals surface area contributed by atoms with Gasteiger partial charge in [0.1, 0.15) is 0 Å². The van der Waals surface area contributed by atoms with Crippen molar-refractivity contribution in [3.05, 3.63) is 35.9 Å². The molecule has 1 aliphatic rings. The molecule has 1 saturated heterocycles. The lowest BCUT2D eigenvalue weighted by Crippen LogP contribution is -2.33. The van der Waals surface area contributed by atoms with Gasteiger partial charge in [-0.15, -0.1) is 0 Å². The Morgan fingerprint density at radius 3 is 2.64 bits per heavy atom. The number of rotatable bonds is 8. The van der Waals surface area contributed by atoms with Gasteiger partial charge in [0.25, 0.3) is 0 Å². The first-order chi connectivity index (χ1) is 10.6. The Morgan fingerprint density at radius 2 is 1.95 bits per heavy atom. The van der Waals surface area contributed by atoms with E-state index in [0.29, 0.717) is 19.1 Å². The maximum atomic E-state index is 9.97. The Labute approximate surface area is 147 Å². The van der Waals surface area contributed by atoms with Crippen molar-refractivity contribution in [3.63, 3.8) is 0 Å². The number of halogens is 1. The highest BCUT2D eigenvalue weighted by Gasteiger charge is 2.35. The SMILES string of the molecule is CCC(O)[C@@H](I)[C@H]1CC[C@@H]([C@H](C)COCc2ccccc2)O1. The molecule has 0 aliphatic carbocycles. The van der Waals surface area contributed by atoms with E-state index in [2.05, 4.69) is 41.6 Å². The molecule has 0 radical (unpaired) electrons. The highest BCUT2D eigenvalue weighted by atomic mass is 127. The Balaban J connectivity index is 1.71. The van der Waals surface area contributed by atoms with Gasteiger partial charge in [0.15, 0.2) is 0 Å². The smallest absolute Gasteiger partial charge is 0.0722 e. The zero-order valence-electron chi connectivity index (χ0n) is 13.5. The summed E-state index contributed by atoms with van der Waals surface area (Å²) in [6.07, 6.45) is 3.05. The number of aliphatic hydroxyl groups is 1. The summed E-state index contributed by atoms with van der Waals surface area (Å²) in [6.45, 7) is 5.58. The Morgan fingerprint density at radius 1 is 1.27 bits per heavy atom. The predicted octanol–water partition coefficient (Wildman–Crippen LogP) is 3.96. The molecule has 1 aliphatic heterocycles. The Bertz CT molecular complexity index is 426. The van der Waals surface area contributed by atoms with E-state index < -0.39 is 0 Å². The summed E-state index contributed by atoms with van der Waals surface area (Å²) >= 11 is 2.33. The highest BCUT2D eigenvalue weighted by Crippen LogP contribution is 2.32. The van der Waals surface area contributed by atoms with Crippen LogP contribution >= 0.6 is 22.6 Å². The van der Waals surface area contributed by atoms with E-state index in [1.54, 1.807) is 0 Å². The molecule has 5 atom stereocenters. The van der Waals surface area contributed by atoms with Crippen molar-refractivity contribution < 1.29 is 14.6 Å². The van der Waals surface area contributed by atoms with Gasteiger partial charge in [-0.05, 0) is 24.8 Å². The summed E-state index contributed by atoms with van der Waals surface area (Å²) in [5.41, 5.74) is 1.21. The second kappa shape index (κ2) is 9.21. The minimum Gasteiger partial charge on any atom is -0.392 e. The van der Waals surface area contributed by atoms with Gasteiger partial charge in [0.05, 0.1) is 35.5 Å². The topological polar surface area (TPSA) is 38.7 Å². The summed E-state index contributed by atoms with van der Waals surface area (Å²) in [6, 6.07) is 10.3. The molecular weight excluding hydrogens is 391 g/mol. The van der Waals surface area contributed by atoms with Crippen LogP contribution in [0, 0.1) is 5.92 Å². The molecule has 22 heavy (non-hydrogen) atoms. The van der Waals surface area contributed by atoms with Gasteiger partial charge < -0.3 is 14.6 Å². The predicted molar refractivity (Wildman–Crippen MR) is 97.3 cm³/mol. The summed E-state index contributed by atoms with van der Waals surface area (Å²) < 4.78 is 12.2. The van der Waals surface area contributed by atoms with Crippen LogP contribution in [0.2, 0.25) is 0 Å². The van der Waals surface area contributed by atoms with E-state index in [9.17, 15) is 5.11 Å². The number of alkyl halides is 1. The van der Waals surface area contributed by atoms with Gasteiger partial charge in [-0.2, -0.15) is 0 Å². The van der Waals surface area contributed by atoms with Gasteiger partial charge >= 0.3 is 0 Å². The number of hydrogen-bond acceptors (Lipinski definition) is 3. The van der Waals surface area contributed by atoms with Crippen molar-refractivity contribution in [2.24, 2.45) is 5.92 Å². The molecule has 4 heteroatoms. The molecule has 0 saturated carbocycles. The van der Waals surface area contributed by atoms with Crippen LogP contribution in [0.5, 0.6) is 0 Å². The van der Waals surface area contributed by atoms with E-state index in [1.807, 2.05) is 25.1 Å². The molecular formula is C18H27IO3. The largest absolute Gasteiger partial charge is 0.392 e. The summed E-state index contributed by atoms with van der Waals surface area (Å²) in [4.78, 5) is 0. The zero-order chi connectivity index (χ0) is 15.9. The fourth-order valence-corrected chi connectivity index (χ4v) is 3.90. The molecule has 1 fully saturated rings. The Kier molecular flexibility index (Phi) is 7.60. The van der Waals surface area contributed by atoms with Crippen molar-refractivity contribution in [1.82, 2.24) is 0 Å². The summed E-state index contributed by atoms with van der Waals surface area (Å²) in [7, 11) is 0. The van der Waals surface area contributed by atoms with Gasteiger partial charge in [-0.25, -0.2) is 0 Å². The van der Waals surface area contributed by atoms with Crippen LogP contribution in [0.4, 0.5) is 0 Å². The molecule has 1 heterocycles. The van der Waals surface area contributed by atoms with Gasteiger partial charge in [-0.3, -0.25) is 0 Å². The first-order valence-corrected chi connectivity index (χ1v) is 9.45. The molecule has 1 unspecified atom stereocenters. The van der Waals surface area contributed by atoms with Crippen molar-refractivity contribution in [3.8, 4) is 0 Å². The van der Waals surface area contributed by atoms with Crippen molar-refractivity contribution in [1.29, 1.82) is 0 Å². The second-order valence-corrected chi connectivity index (χ2v) is 7.63. The van der Waals surface area contributed by atoms with Crippen LogP contribution in [0.3, 0.4) is 0 Å². The molecule has 3 nitrogen and oxygen atoms in total. The van der Waals surface area contributed by atoms with Crippen LogP contribution in [0.1, 0.15) is 38.7 Å². The first kappa shape index (κ1) is 18.2. The van der Waals surface area contributed by atoms with Crippen LogP contribution in [0.25, 0.3) is 0 Å². The van der Waals surface area contributed by atoms with Crippen LogP contribution in [0.15, 0.2) is 30.3 Å². The lowest BCUT2D eigenvalue weighted by molar-refractivity contribution is -0.0274. The first-order valence-electron chi connectivity index (χ1n) is 8.21. The van der Waals surface area contributed by atoms with Gasteiger partial charge in [0.2, 0.25) is 0 Å². The minimum absolute atomic E-state index is 0.178. The number of aliphatic hydroxyl groups excluding tert-OH is 1. The average molecular weight is 418 g/mol. The fourth-order valence-electron chi connectivity index (χ4n) is 2.86. The minimum atomic E-state index is -0.269. The molecule has 1 N–H and O–H groups in total. The maximum Gasteiger partial charge on any atom is 0.0722 e. The number of benzene rings is 1. The third-order valence-corrected chi connectivity index (χ3v) is 5.99. The monoisotopic (exact) mass is 418 g/mol. The summed E-state index contributed by atoms with van der Waals surface area (Å²) in [5.74, 6) is 0.385. The van der Waals surface area contributed by atoms with E-state index in [-0.39, 0.29) is 22.2 Å². The van der Waals surface area contributed by atoms with Crippen LogP contribution in [-0.2, 0) is 16.1 Å². The fraction of sp³-hybridized carbons (Fsp3) is 0.667. The number of ether oxygens (including phenoxy) is 2. The normalized spacial score (nSPS) is 25.8. The third kappa shape index (κ3) is 5.18. The van der Waals surface area contributed by atoms with Crippen LogP contribution < -0.4 is 0 Å². The van der Waals surface area contributed by atoms with Crippen molar-refractivity contribution in [2.45, 2.75) is 62.0 Å². The van der Waals surface area contributed by atoms with E-state index in [0.717, 1.165) is 19.3 Å². The molecule has 1 aromatic carbocycles. The molecule has 2 rings (SSSR count). The van der Waals surface area contributed by atoms with Gasteiger partial charge in [0, 0.05) is 5.92 Å². The third-order valence-electron chi connectivity index (χ3n) is 4.35. The quantitative estimate of drug-likeness (QED) is 0.513. The standard InChI is InChI=1S/C18H27IO3/c1-3-15(20)18(19)17-10-9-16(22-17)13(2)11-21-12-14-7-5-4-6-8-14/h4-8,13,15-18,20H,3,9-12H2,1-2H3/t13-,15?,16+,17-,18-/m1/s1. The highest BCUT2D eigenvalue weighted by molar-refractivity contribution is 14.1. The average Bonchev–Trinajstić information content (AvgIpc) is 3.04. The number of hydrogen-bond donors (Lipinski definition) is 1. The van der Waals surface area contributed by atoms with E-state index >= 15 is 0 Å². The maximum absolute atomic E-state index is 9.97. The van der Waals surface area contributed by atoms with E-state index in [1.165, 1.54) is 5.56 Å². The lowest BCUT2D eigenvalue weighted by Gasteiger charge is -2.25. The van der Waals surface area contributed by atoms with Crippen molar-refractivity contribution in [2.75, 3.05) is 6.61 Å². The van der Waals surface area contributed by atoms with Crippen LogP contribution in [-0.4, -0.2) is 33.9 Å². The molecule has 0 bridgehead atoms. The lowest BCUT2D eigenvalue weighted by atomic mass is 10.0. The van der Waals surface area contributed by atoms with Crippen molar-refractivity contribution >= 4 is 22.6 Å². The van der Waals surface area contributed by atoms with Gasteiger partial charge in [-0.1, -0.05) is 66.8 Å². The van der Waals surface area contributed by atoms with E-state index in [4.69, 9.17) is 9.47 Å². The zero-order valence-corrected chi connectivity index (χ0v) is 15.6. The second-order valence-electron chi connectivity index (χ2n) is 6.19. The molecule has 0 spiro atoms. The summed E-state index contributed by atoms with van der Waals surface area (Å²) in [5, 5.41) is 9.97. The molecule has 0 amide bonds. The Hall–Kier alpha value is -0.170. The molecule has 0 aromatic heterocycles.